The van der Waals surface area contributed by atoms with Gasteiger partial charge in [-0.25, -0.2) is 13.8 Å². The molecule has 4 nitrogen and oxygen atoms in total. The van der Waals surface area contributed by atoms with Gasteiger partial charge in [0.1, 0.15) is 17.5 Å². The molecule has 0 aliphatic rings. The number of benzene rings is 2. The number of amides is 1. The van der Waals surface area contributed by atoms with Crippen LogP contribution in [0.5, 0.6) is 0 Å². The van der Waals surface area contributed by atoms with Gasteiger partial charge in [-0.15, -0.1) is 0 Å². The molecule has 0 aliphatic heterocycles. The Bertz CT molecular complexity index is 898. The summed E-state index contributed by atoms with van der Waals surface area (Å²) < 4.78 is 27.1. The molecule has 0 atom stereocenters. The van der Waals surface area contributed by atoms with Gasteiger partial charge in [0.05, 0.1) is 11.3 Å². The summed E-state index contributed by atoms with van der Waals surface area (Å²) in [6.07, 6.45) is 1.92. The van der Waals surface area contributed by atoms with Crippen molar-refractivity contribution in [2.24, 2.45) is 0 Å². The Hall–Kier alpha value is -3.28. The van der Waals surface area contributed by atoms with E-state index in [1.165, 1.54) is 24.4 Å². The first-order valence-electron chi connectivity index (χ1n) is 8.13. The van der Waals surface area contributed by atoms with E-state index in [-0.39, 0.29) is 11.5 Å². The maximum Gasteiger partial charge on any atom is 0.257 e. The SMILES string of the molecule is O=C(Nc1ccccc1F)c1ccc(NCCc2ccccc2F)nc1. The summed E-state index contributed by atoms with van der Waals surface area (Å²) >= 11 is 0. The molecular weight excluding hydrogens is 336 g/mol. The van der Waals surface area contributed by atoms with E-state index in [1.807, 2.05) is 0 Å². The van der Waals surface area contributed by atoms with Crippen LogP contribution in [0.4, 0.5) is 20.3 Å². The van der Waals surface area contributed by atoms with Gasteiger partial charge in [-0.2, -0.15) is 0 Å². The average Bonchev–Trinajstić information content (AvgIpc) is 2.66. The van der Waals surface area contributed by atoms with Gasteiger partial charge in [-0.05, 0) is 42.3 Å². The number of para-hydroxylation sites is 1. The molecule has 3 rings (SSSR count). The second-order valence-electron chi connectivity index (χ2n) is 5.63. The van der Waals surface area contributed by atoms with E-state index in [1.54, 1.807) is 42.5 Å². The molecule has 1 aromatic heterocycles. The van der Waals surface area contributed by atoms with E-state index < -0.39 is 11.7 Å². The minimum atomic E-state index is -0.500. The first-order chi connectivity index (χ1) is 12.6. The van der Waals surface area contributed by atoms with Crippen LogP contribution in [0.15, 0.2) is 66.9 Å². The number of hydrogen-bond acceptors (Lipinski definition) is 3. The first-order valence-corrected chi connectivity index (χ1v) is 8.13. The number of nitrogens with one attached hydrogen (secondary N) is 2. The normalized spacial score (nSPS) is 10.4. The van der Waals surface area contributed by atoms with Gasteiger partial charge in [-0.1, -0.05) is 30.3 Å². The van der Waals surface area contributed by atoms with Crippen LogP contribution in [0.1, 0.15) is 15.9 Å². The largest absolute Gasteiger partial charge is 0.370 e. The van der Waals surface area contributed by atoms with E-state index in [0.29, 0.717) is 29.9 Å². The number of rotatable bonds is 6. The molecule has 1 heterocycles. The van der Waals surface area contributed by atoms with Crippen LogP contribution in [0, 0.1) is 11.6 Å². The highest BCUT2D eigenvalue weighted by Gasteiger charge is 2.09. The van der Waals surface area contributed by atoms with Gasteiger partial charge in [0.2, 0.25) is 0 Å². The highest BCUT2D eigenvalue weighted by atomic mass is 19.1. The predicted molar refractivity (Wildman–Crippen MR) is 97.2 cm³/mol. The molecule has 2 aromatic carbocycles. The van der Waals surface area contributed by atoms with E-state index in [4.69, 9.17) is 0 Å². The number of carbonyl (C=O) groups is 1. The fourth-order valence-electron chi connectivity index (χ4n) is 2.42. The lowest BCUT2D eigenvalue weighted by Crippen LogP contribution is -2.14. The molecule has 0 saturated carbocycles. The fourth-order valence-corrected chi connectivity index (χ4v) is 2.42. The number of hydrogen-bond donors (Lipinski definition) is 2. The zero-order valence-corrected chi connectivity index (χ0v) is 13.9. The summed E-state index contributed by atoms with van der Waals surface area (Å²) in [6.45, 7) is 0.509. The van der Waals surface area contributed by atoms with Crippen molar-refractivity contribution in [2.75, 3.05) is 17.2 Å². The maximum absolute atomic E-state index is 13.6. The minimum Gasteiger partial charge on any atom is -0.370 e. The summed E-state index contributed by atoms with van der Waals surface area (Å²) in [6, 6.07) is 15.8. The van der Waals surface area contributed by atoms with Crippen LogP contribution < -0.4 is 10.6 Å². The molecule has 6 heteroatoms. The molecule has 0 saturated heterocycles. The van der Waals surface area contributed by atoms with Crippen molar-refractivity contribution >= 4 is 17.4 Å². The Balaban J connectivity index is 1.55. The first kappa shape index (κ1) is 17.5. The molecule has 0 unspecified atom stereocenters. The lowest BCUT2D eigenvalue weighted by molar-refractivity contribution is 0.102. The summed E-state index contributed by atoms with van der Waals surface area (Å²) in [5.74, 6) is -0.605. The number of pyridine rings is 1. The number of carbonyl (C=O) groups excluding carboxylic acids is 1. The van der Waals surface area contributed by atoms with Crippen LogP contribution in [0.2, 0.25) is 0 Å². The summed E-state index contributed by atoms with van der Waals surface area (Å²) in [4.78, 5) is 16.3. The third kappa shape index (κ3) is 4.42. The van der Waals surface area contributed by atoms with E-state index in [9.17, 15) is 13.6 Å². The van der Waals surface area contributed by atoms with Crippen LogP contribution in [-0.2, 0) is 6.42 Å². The van der Waals surface area contributed by atoms with Gasteiger partial charge in [0, 0.05) is 12.7 Å². The second-order valence-corrected chi connectivity index (χ2v) is 5.63. The minimum absolute atomic E-state index is 0.115. The van der Waals surface area contributed by atoms with Crippen molar-refractivity contribution in [2.45, 2.75) is 6.42 Å². The Morgan fingerprint density at radius 2 is 1.65 bits per heavy atom. The quantitative estimate of drug-likeness (QED) is 0.696. The lowest BCUT2D eigenvalue weighted by atomic mass is 10.1. The Labute approximate surface area is 149 Å². The summed E-state index contributed by atoms with van der Waals surface area (Å²) in [7, 11) is 0. The van der Waals surface area contributed by atoms with Gasteiger partial charge >= 0.3 is 0 Å². The summed E-state index contributed by atoms with van der Waals surface area (Å²) in [5, 5.41) is 5.58. The van der Waals surface area contributed by atoms with Crippen LogP contribution in [0.25, 0.3) is 0 Å². The molecule has 0 bridgehead atoms. The molecule has 2 N–H and O–H groups in total. The topological polar surface area (TPSA) is 54.0 Å². The molecule has 3 aromatic rings. The molecule has 26 heavy (non-hydrogen) atoms. The molecule has 0 aliphatic carbocycles. The van der Waals surface area contributed by atoms with Gasteiger partial charge < -0.3 is 10.6 Å². The molecule has 1 amide bonds. The third-order valence-electron chi connectivity index (χ3n) is 3.81. The Kier molecular flexibility index (Phi) is 5.53. The zero-order chi connectivity index (χ0) is 18.4. The van der Waals surface area contributed by atoms with Gasteiger partial charge in [0.25, 0.3) is 5.91 Å². The zero-order valence-electron chi connectivity index (χ0n) is 13.9. The fraction of sp³-hybridized carbons (Fsp3) is 0.100. The molecule has 0 radical (unpaired) electrons. The van der Waals surface area contributed by atoms with Crippen molar-refractivity contribution in [3.05, 3.63) is 89.6 Å². The predicted octanol–water partition coefficient (Wildman–Crippen LogP) is 4.27. The van der Waals surface area contributed by atoms with Crippen molar-refractivity contribution < 1.29 is 13.6 Å². The smallest absolute Gasteiger partial charge is 0.257 e. The van der Waals surface area contributed by atoms with Crippen LogP contribution in [0.3, 0.4) is 0 Å². The van der Waals surface area contributed by atoms with Crippen LogP contribution in [-0.4, -0.2) is 17.4 Å². The van der Waals surface area contributed by atoms with E-state index >= 15 is 0 Å². The molecular formula is C20H17F2N3O. The van der Waals surface area contributed by atoms with Crippen molar-refractivity contribution in [1.29, 1.82) is 0 Å². The molecule has 132 valence electrons. The van der Waals surface area contributed by atoms with Gasteiger partial charge in [-0.3, -0.25) is 4.79 Å². The maximum atomic E-state index is 13.6. The highest BCUT2D eigenvalue weighted by Crippen LogP contribution is 2.14. The average molecular weight is 353 g/mol. The standard InChI is InChI=1S/C20H17F2N3O/c21-16-6-2-1-5-14(16)11-12-23-19-10-9-15(13-24-19)20(26)25-18-8-4-3-7-17(18)22/h1-10,13H,11-12H2,(H,23,24)(H,25,26). The Morgan fingerprint density at radius 3 is 2.35 bits per heavy atom. The Morgan fingerprint density at radius 1 is 0.923 bits per heavy atom. The number of nitrogens with zero attached hydrogens (tertiary/aromatic N) is 1. The van der Waals surface area contributed by atoms with Crippen LogP contribution >= 0.6 is 0 Å². The van der Waals surface area contributed by atoms with Crippen molar-refractivity contribution in [1.82, 2.24) is 4.98 Å². The molecule has 0 fully saturated rings. The lowest BCUT2D eigenvalue weighted by Gasteiger charge is -2.08. The second kappa shape index (κ2) is 8.20. The van der Waals surface area contributed by atoms with E-state index in [2.05, 4.69) is 15.6 Å². The highest BCUT2D eigenvalue weighted by molar-refractivity contribution is 6.04. The monoisotopic (exact) mass is 353 g/mol. The van der Waals surface area contributed by atoms with Crippen molar-refractivity contribution in [3.8, 4) is 0 Å². The number of aromatic nitrogens is 1. The molecule has 0 spiro atoms. The summed E-state index contributed by atoms with van der Waals surface area (Å²) in [5.41, 5.74) is 1.05. The number of halogens is 2. The number of anilines is 2. The third-order valence-corrected chi connectivity index (χ3v) is 3.81. The van der Waals surface area contributed by atoms with E-state index in [0.717, 1.165) is 0 Å². The van der Waals surface area contributed by atoms with Gasteiger partial charge in [0.15, 0.2) is 0 Å². The van der Waals surface area contributed by atoms with Crippen molar-refractivity contribution in [3.63, 3.8) is 0 Å².